The van der Waals surface area contributed by atoms with Crippen LogP contribution in [-0.2, 0) is 0 Å². The van der Waals surface area contributed by atoms with Gasteiger partial charge in [-0.3, -0.25) is 9.59 Å². The Morgan fingerprint density at radius 3 is 2.39 bits per heavy atom. The normalized spacial score (nSPS) is 13.4. The van der Waals surface area contributed by atoms with Gasteiger partial charge in [0, 0.05) is 46.8 Å². The number of anilines is 1. The number of amides is 1. The average molecular weight is 413 g/mol. The highest BCUT2D eigenvalue weighted by Gasteiger charge is 2.20. The van der Waals surface area contributed by atoms with Crippen LogP contribution in [0.15, 0.2) is 59.5 Å². The molecular formula is C24H23N5O2. The van der Waals surface area contributed by atoms with E-state index in [0.717, 1.165) is 35.6 Å². The molecule has 1 amide bonds. The molecule has 2 aromatic heterocycles. The average Bonchev–Trinajstić information content (AvgIpc) is 2.98. The first-order valence-corrected chi connectivity index (χ1v) is 10.3. The van der Waals surface area contributed by atoms with Crippen molar-refractivity contribution in [1.82, 2.24) is 14.3 Å². The number of rotatable bonds is 4. The lowest BCUT2D eigenvalue weighted by molar-refractivity contribution is 0.1000. The van der Waals surface area contributed by atoms with E-state index in [9.17, 15) is 9.59 Å². The molecule has 0 bridgehead atoms. The van der Waals surface area contributed by atoms with Crippen molar-refractivity contribution in [3.05, 3.63) is 82.0 Å². The number of fused-ring (bicyclic) bond motifs is 1. The molecule has 1 fully saturated rings. The van der Waals surface area contributed by atoms with Crippen LogP contribution in [0.5, 0.6) is 0 Å². The Morgan fingerprint density at radius 1 is 0.968 bits per heavy atom. The van der Waals surface area contributed by atoms with E-state index in [1.54, 1.807) is 30.5 Å². The molecule has 3 heterocycles. The molecule has 7 nitrogen and oxygen atoms in total. The van der Waals surface area contributed by atoms with Crippen molar-refractivity contribution in [2.75, 3.05) is 18.0 Å². The van der Waals surface area contributed by atoms with Gasteiger partial charge in [-0.2, -0.15) is 9.78 Å². The van der Waals surface area contributed by atoms with Crippen LogP contribution in [0.2, 0.25) is 0 Å². The minimum absolute atomic E-state index is 0.225. The predicted octanol–water partition coefficient (Wildman–Crippen LogP) is 3.10. The van der Waals surface area contributed by atoms with Gasteiger partial charge in [-0.05, 0) is 56.7 Å². The van der Waals surface area contributed by atoms with E-state index >= 15 is 0 Å². The molecular weight excluding hydrogens is 390 g/mol. The van der Waals surface area contributed by atoms with E-state index in [-0.39, 0.29) is 5.56 Å². The fraction of sp³-hybridized carbons (Fsp3) is 0.208. The van der Waals surface area contributed by atoms with Gasteiger partial charge in [-0.1, -0.05) is 12.1 Å². The van der Waals surface area contributed by atoms with Crippen LogP contribution in [0.25, 0.3) is 22.1 Å². The highest BCUT2D eigenvalue weighted by molar-refractivity contribution is 5.93. The van der Waals surface area contributed by atoms with Crippen molar-refractivity contribution in [3.8, 4) is 11.4 Å². The van der Waals surface area contributed by atoms with Gasteiger partial charge in [0.25, 0.3) is 5.56 Å². The second-order valence-electron chi connectivity index (χ2n) is 7.93. The molecule has 0 radical (unpaired) electrons. The molecule has 1 aliphatic rings. The van der Waals surface area contributed by atoms with Crippen LogP contribution in [-0.4, -0.2) is 33.3 Å². The number of aromatic nitrogens is 3. The van der Waals surface area contributed by atoms with Crippen molar-refractivity contribution in [3.63, 3.8) is 0 Å². The van der Waals surface area contributed by atoms with Crippen LogP contribution < -0.4 is 16.2 Å². The summed E-state index contributed by atoms with van der Waals surface area (Å²) in [4.78, 5) is 27.3. The van der Waals surface area contributed by atoms with Gasteiger partial charge in [0.2, 0.25) is 5.91 Å². The first kappa shape index (κ1) is 19.1. The standard InChI is InChI=1S/C24H23N5O2/c1-15-21-14-26-29(20-9-3-6-17(12-20)23(25)30)24(31)22(21)16(2)28(15)19-8-4-7-18(13-19)27-10-5-11-27/h3-4,6-9,12-14H,5,10-11H2,1-2H3,(H2,25,30). The number of benzene rings is 2. The minimum Gasteiger partial charge on any atom is -0.371 e. The van der Waals surface area contributed by atoms with E-state index in [4.69, 9.17) is 5.73 Å². The number of nitrogens with two attached hydrogens (primary N) is 1. The van der Waals surface area contributed by atoms with Crippen molar-refractivity contribution in [2.45, 2.75) is 20.3 Å². The third-order valence-corrected chi connectivity index (χ3v) is 6.08. The third-order valence-electron chi connectivity index (χ3n) is 6.08. The lowest BCUT2D eigenvalue weighted by Crippen LogP contribution is -2.36. The molecule has 1 saturated heterocycles. The molecule has 0 aliphatic carbocycles. The number of carbonyl (C=O) groups excluding carboxylic acids is 1. The third kappa shape index (κ3) is 3.01. The van der Waals surface area contributed by atoms with Gasteiger partial charge in [0.15, 0.2) is 0 Å². The molecule has 156 valence electrons. The summed E-state index contributed by atoms with van der Waals surface area (Å²) in [7, 11) is 0. The fourth-order valence-electron chi connectivity index (χ4n) is 4.33. The van der Waals surface area contributed by atoms with Gasteiger partial charge in [-0.15, -0.1) is 0 Å². The summed E-state index contributed by atoms with van der Waals surface area (Å²) in [5, 5.41) is 5.82. The van der Waals surface area contributed by atoms with Crippen LogP contribution in [0.3, 0.4) is 0 Å². The SMILES string of the molecule is Cc1c2cnn(-c3cccc(C(N)=O)c3)c(=O)c2c(C)n1-c1cccc(N2CCC2)c1. The molecule has 0 spiro atoms. The van der Waals surface area contributed by atoms with Crippen molar-refractivity contribution < 1.29 is 4.79 Å². The van der Waals surface area contributed by atoms with Crippen LogP contribution >= 0.6 is 0 Å². The molecule has 0 unspecified atom stereocenters. The van der Waals surface area contributed by atoms with Crippen LogP contribution in [0, 0.1) is 13.8 Å². The van der Waals surface area contributed by atoms with E-state index in [0.29, 0.717) is 16.6 Å². The second-order valence-corrected chi connectivity index (χ2v) is 7.93. The maximum Gasteiger partial charge on any atom is 0.281 e. The Balaban J connectivity index is 1.68. The van der Waals surface area contributed by atoms with Crippen molar-refractivity contribution >= 4 is 22.4 Å². The quantitative estimate of drug-likeness (QED) is 0.557. The number of hydrogen-bond acceptors (Lipinski definition) is 4. The van der Waals surface area contributed by atoms with Gasteiger partial charge >= 0.3 is 0 Å². The molecule has 31 heavy (non-hydrogen) atoms. The highest BCUT2D eigenvalue weighted by atomic mass is 16.1. The van der Waals surface area contributed by atoms with E-state index < -0.39 is 5.91 Å². The van der Waals surface area contributed by atoms with Gasteiger partial charge in [0.05, 0.1) is 17.3 Å². The van der Waals surface area contributed by atoms with E-state index in [1.807, 2.05) is 13.8 Å². The summed E-state index contributed by atoms with van der Waals surface area (Å²) in [6.07, 6.45) is 2.93. The first-order valence-electron chi connectivity index (χ1n) is 10.3. The monoisotopic (exact) mass is 413 g/mol. The molecule has 5 rings (SSSR count). The smallest absolute Gasteiger partial charge is 0.281 e. The summed E-state index contributed by atoms with van der Waals surface area (Å²) in [6, 6.07) is 15.0. The fourth-order valence-corrected chi connectivity index (χ4v) is 4.33. The summed E-state index contributed by atoms with van der Waals surface area (Å²) in [5.74, 6) is -0.545. The zero-order valence-electron chi connectivity index (χ0n) is 17.5. The Morgan fingerprint density at radius 2 is 1.68 bits per heavy atom. The summed E-state index contributed by atoms with van der Waals surface area (Å²) < 4.78 is 3.43. The van der Waals surface area contributed by atoms with Gasteiger partial charge in [-0.25, -0.2) is 0 Å². The molecule has 7 heteroatoms. The minimum atomic E-state index is -0.545. The maximum atomic E-state index is 13.4. The second kappa shape index (κ2) is 7.12. The summed E-state index contributed by atoms with van der Waals surface area (Å²) in [6.45, 7) is 6.12. The van der Waals surface area contributed by atoms with Crippen LogP contribution in [0.4, 0.5) is 5.69 Å². The van der Waals surface area contributed by atoms with Gasteiger partial charge in [0.1, 0.15) is 0 Å². The number of aryl methyl sites for hydroxylation is 2. The van der Waals surface area contributed by atoms with E-state index in [1.165, 1.54) is 16.8 Å². The number of hydrogen-bond donors (Lipinski definition) is 1. The summed E-state index contributed by atoms with van der Waals surface area (Å²) in [5.41, 5.74) is 10.1. The lowest BCUT2D eigenvalue weighted by atomic mass is 10.1. The largest absolute Gasteiger partial charge is 0.371 e. The topological polar surface area (TPSA) is 86.1 Å². The number of carbonyl (C=O) groups is 1. The molecule has 0 atom stereocenters. The Bertz CT molecular complexity index is 1400. The van der Waals surface area contributed by atoms with Crippen molar-refractivity contribution in [1.29, 1.82) is 0 Å². The molecule has 4 aromatic rings. The molecule has 0 saturated carbocycles. The predicted molar refractivity (Wildman–Crippen MR) is 121 cm³/mol. The zero-order chi connectivity index (χ0) is 21.7. The van der Waals surface area contributed by atoms with Gasteiger partial charge < -0.3 is 15.2 Å². The number of primary amides is 1. The maximum absolute atomic E-state index is 13.4. The zero-order valence-corrected chi connectivity index (χ0v) is 17.5. The Hall–Kier alpha value is -3.87. The van der Waals surface area contributed by atoms with Crippen LogP contribution in [0.1, 0.15) is 28.2 Å². The Labute approximate surface area is 179 Å². The summed E-state index contributed by atoms with van der Waals surface area (Å²) >= 11 is 0. The Kier molecular flexibility index (Phi) is 4.39. The number of nitrogens with zero attached hydrogens (tertiary/aromatic N) is 4. The molecule has 1 aliphatic heterocycles. The van der Waals surface area contributed by atoms with E-state index in [2.05, 4.69) is 38.8 Å². The highest BCUT2D eigenvalue weighted by Crippen LogP contribution is 2.29. The first-order chi connectivity index (χ1) is 15.0. The van der Waals surface area contributed by atoms with Crippen molar-refractivity contribution in [2.24, 2.45) is 5.73 Å². The lowest BCUT2D eigenvalue weighted by Gasteiger charge is -2.33. The molecule has 2 aromatic carbocycles. The molecule has 2 N–H and O–H groups in total.